The number of thiophene rings is 1. The first-order chi connectivity index (χ1) is 11.2. The van der Waals surface area contributed by atoms with Gasteiger partial charge in [-0.2, -0.15) is 16.6 Å². The molecule has 23 heavy (non-hydrogen) atoms. The fourth-order valence-corrected chi connectivity index (χ4v) is 3.27. The largest absolute Gasteiger partial charge is 0.382 e. The predicted molar refractivity (Wildman–Crippen MR) is 93.1 cm³/mol. The number of amides is 1. The van der Waals surface area contributed by atoms with Gasteiger partial charge in [-0.15, -0.1) is 11.3 Å². The average Bonchev–Trinajstić information content (AvgIpc) is 3.23. The van der Waals surface area contributed by atoms with Gasteiger partial charge in [0.1, 0.15) is 16.6 Å². The van der Waals surface area contributed by atoms with Crippen LogP contribution < -0.4 is 5.32 Å². The van der Waals surface area contributed by atoms with Crippen LogP contribution >= 0.6 is 22.7 Å². The number of nitrogens with zero attached hydrogens (tertiary/aromatic N) is 2. The highest BCUT2D eigenvalue weighted by Gasteiger charge is 2.10. The van der Waals surface area contributed by atoms with Crippen LogP contribution in [0.25, 0.3) is 16.6 Å². The third-order valence-corrected chi connectivity index (χ3v) is 4.50. The average molecular weight is 347 g/mol. The Morgan fingerprint density at radius 1 is 1.52 bits per heavy atom. The number of hydrogen-bond acceptors (Lipinski definition) is 6. The maximum atomic E-state index is 12.0. The van der Waals surface area contributed by atoms with Crippen molar-refractivity contribution in [2.24, 2.45) is 0 Å². The first-order valence-electron chi connectivity index (χ1n) is 7.20. The van der Waals surface area contributed by atoms with Crippen molar-refractivity contribution in [1.82, 2.24) is 10.3 Å². The number of carbonyl (C=O) groups is 1. The van der Waals surface area contributed by atoms with E-state index in [2.05, 4.69) is 10.3 Å². The zero-order valence-electron chi connectivity index (χ0n) is 12.7. The SMILES string of the molecule is CCOCCCNC(=O)/C(C#N)=C\c1csc(-c2ccsc2)n1. The summed E-state index contributed by atoms with van der Waals surface area (Å²) < 4.78 is 5.20. The molecule has 7 heteroatoms. The molecule has 2 heterocycles. The molecule has 0 fully saturated rings. The van der Waals surface area contributed by atoms with Crippen molar-refractivity contribution in [2.75, 3.05) is 19.8 Å². The normalized spacial score (nSPS) is 11.2. The molecule has 0 bridgehead atoms. The first-order valence-corrected chi connectivity index (χ1v) is 9.02. The van der Waals surface area contributed by atoms with Gasteiger partial charge in [0.05, 0.1) is 5.69 Å². The van der Waals surface area contributed by atoms with E-state index in [0.717, 1.165) is 17.0 Å². The summed E-state index contributed by atoms with van der Waals surface area (Å²) in [7, 11) is 0. The topological polar surface area (TPSA) is 75.0 Å². The third kappa shape index (κ3) is 5.28. The van der Waals surface area contributed by atoms with E-state index in [9.17, 15) is 4.79 Å². The summed E-state index contributed by atoms with van der Waals surface area (Å²) >= 11 is 3.10. The molecule has 1 N–H and O–H groups in total. The second kappa shape index (κ2) is 9.20. The van der Waals surface area contributed by atoms with E-state index in [0.29, 0.717) is 25.5 Å². The number of nitriles is 1. The highest BCUT2D eigenvalue weighted by Crippen LogP contribution is 2.26. The molecule has 0 aliphatic carbocycles. The van der Waals surface area contributed by atoms with Crippen LogP contribution in [0.4, 0.5) is 0 Å². The molecule has 0 saturated carbocycles. The Morgan fingerprint density at radius 3 is 3.09 bits per heavy atom. The van der Waals surface area contributed by atoms with E-state index in [1.165, 1.54) is 17.4 Å². The van der Waals surface area contributed by atoms with E-state index < -0.39 is 0 Å². The highest BCUT2D eigenvalue weighted by atomic mass is 32.1. The molecule has 0 saturated heterocycles. The van der Waals surface area contributed by atoms with Gasteiger partial charge in [0.2, 0.25) is 0 Å². The van der Waals surface area contributed by atoms with Crippen molar-refractivity contribution >= 4 is 34.7 Å². The van der Waals surface area contributed by atoms with E-state index in [-0.39, 0.29) is 11.5 Å². The highest BCUT2D eigenvalue weighted by molar-refractivity contribution is 7.14. The molecule has 120 valence electrons. The minimum Gasteiger partial charge on any atom is -0.382 e. The van der Waals surface area contributed by atoms with Crippen LogP contribution in [0.1, 0.15) is 19.0 Å². The Labute approximate surface area is 143 Å². The van der Waals surface area contributed by atoms with Gasteiger partial charge >= 0.3 is 0 Å². The summed E-state index contributed by atoms with van der Waals surface area (Å²) in [6, 6.07) is 3.92. The van der Waals surface area contributed by atoms with Crippen LogP contribution in [0.15, 0.2) is 27.8 Å². The van der Waals surface area contributed by atoms with Crippen LogP contribution in [-0.2, 0) is 9.53 Å². The minimum absolute atomic E-state index is 0.0589. The molecular weight excluding hydrogens is 330 g/mol. The quantitative estimate of drug-likeness (QED) is 0.451. The monoisotopic (exact) mass is 347 g/mol. The van der Waals surface area contributed by atoms with Gasteiger partial charge in [-0.1, -0.05) is 0 Å². The van der Waals surface area contributed by atoms with Crippen molar-refractivity contribution in [2.45, 2.75) is 13.3 Å². The smallest absolute Gasteiger partial charge is 0.262 e. The Kier molecular flexibility index (Phi) is 6.94. The molecule has 0 atom stereocenters. The van der Waals surface area contributed by atoms with Crippen molar-refractivity contribution in [3.05, 3.63) is 33.5 Å². The van der Waals surface area contributed by atoms with Crippen LogP contribution in [0, 0.1) is 11.3 Å². The maximum Gasteiger partial charge on any atom is 0.262 e. The molecule has 5 nitrogen and oxygen atoms in total. The Bertz CT molecular complexity index is 699. The van der Waals surface area contributed by atoms with Gasteiger partial charge in [0.25, 0.3) is 5.91 Å². The number of carbonyl (C=O) groups excluding carboxylic acids is 1. The molecule has 0 aliphatic heterocycles. The maximum absolute atomic E-state index is 12.0. The molecule has 2 aromatic rings. The standard InChI is InChI=1S/C16H17N3O2S2/c1-2-21-6-3-5-18-15(20)13(9-17)8-14-11-23-16(19-14)12-4-7-22-10-12/h4,7-8,10-11H,2-3,5-6H2,1H3,(H,18,20)/b13-8-. The molecule has 0 spiro atoms. The summed E-state index contributed by atoms with van der Waals surface area (Å²) in [6.07, 6.45) is 2.24. The molecule has 1 amide bonds. The van der Waals surface area contributed by atoms with Crippen LogP contribution in [0.5, 0.6) is 0 Å². The summed E-state index contributed by atoms with van der Waals surface area (Å²) in [5.74, 6) is -0.380. The van der Waals surface area contributed by atoms with Crippen LogP contribution in [-0.4, -0.2) is 30.6 Å². The van der Waals surface area contributed by atoms with E-state index in [1.54, 1.807) is 11.3 Å². The second-order valence-corrected chi connectivity index (χ2v) is 6.20. The van der Waals surface area contributed by atoms with Crippen LogP contribution in [0.3, 0.4) is 0 Å². The van der Waals surface area contributed by atoms with Crippen LogP contribution in [0.2, 0.25) is 0 Å². The molecule has 0 radical (unpaired) electrons. The van der Waals surface area contributed by atoms with Crippen molar-refractivity contribution < 1.29 is 9.53 Å². The lowest BCUT2D eigenvalue weighted by Crippen LogP contribution is -2.26. The number of ether oxygens (including phenoxy) is 1. The van der Waals surface area contributed by atoms with E-state index >= 15 is 0 Å². The van der Waals surface area contributed by atoms with Gasteiger partial charge in [0, 0.05) is 36.1 Å². The van der Waals surface area contributed by atoms with Gasteiger partial charge in [-0.05, 0) is 30.9 Å². The number of aromatic nitrogens is 1. The number of hydrogen-bond donors (Lipinski definition) is 1. The van der Waals surface area contributed by atoms with E-state index in [1.807, 2.05) is 35.2 Å². The second-order valence-electron chi connectivity index (χ2n) is 4.57. The lowest BCUT2D eigenvalue weighted by atomic mass is 10.2. The Morgan fingerprint density at radius 2 is 2.39 bits per heavy atom. The minimum atomic E-state index is -0.380. The predicted octanol–water partition coefficient (Wildman–Crippen LogP) is 3.32. The fourth-order valence-electron chi connectivity index (χ4n) is 1.78. The molecule has 2 rings (SSSR count). The number of rotatable bonds is 8. The van der Waals surface area contributed by atoms with Gasteiger partial charge in [-0.25, -0.2) is 4.98 Å². The summed E-state index contributed by atoms with van der Waals surface area (Å²) in [4.78, 5) is 16.4. The molecule has 0 aromatic carbocycles. The molecule has 0 unspecified atom stereocenters. The Balaban J connectivity index is 1.96. The molecule has 0 aliphatic rings. The van der Waals surface area contributed by atoms with E-state index in [4.69, 9.17) is 10.00 Å². The lowest BCUT2D eigenvalue weighted by molar-refractivity contribution is -0.117. The molecular formula is C16H17N3O2S2. The summed E-state index contributed by atoms with van der Waals surface area (Å²) in [6.45, 7) is 3.66. The Hall–Kier alpha value is -2.01. The lowest BCUT2D eigenvalue weighted by Gasteiger charge is -2.04. The van der Waals surface area contributed by atoms with Crippen molar-refractivity contribution in [3.8, 4) is 16.6 Å². The fraction of sp³-hybridized carbons (Fsp3) is 0.312. The summed E-state index contributed by atoms with van der Waals surface area (Å²) in [5, 5.41) is 18.6. The van der Waals surface area contributed by atoms with Gasteiger partial charge in [0.15, 0.2) is 0 Å². The zero-order chi connectivity index (χ0) is 16.5. The molecule has 2 aromatic heterocycles. The van der Waals surface area contributed by atoms with Gasteiger partial charge in [-0.3, -0.25) is 4.79 Å². The summed E-state index contributed by atoms with van der Waals surface area (Å²) in [5.41, 5.74) is 1.74. The number of nitrogens with one attached hydrogen (secondary N) is 1. The van der Waals surface area contributed by atoms with Crippen molar-refractivity contribution in [1.29, 1.82) is 5.26 Å². The third-order valence-electron chi connectivity index (χ3n) is 2.90. The van der Waals surface area contributed by atoms with Crippen molar-refractivity contribution in [3.63, 3.8) is 0 Å². The number of thiazole rings is 1. The zero-order valence-corrected chi connectivity index (χ0v) is 14.4. The van der Waals surface area contributed by atoms with Gasteiger partial charge < -0.3 is 10.1 Å². The first kappa shape index (κ1) is 17.3.